The Balaban J connectivity index is 1.57. The molecule has 0 bridgehead atoms. The number of nitrogens with one attached hydrogen (secondary N) is 1. The van der Waals surface area contributed by atoms with E-state index in [0.717, 1.165) is 5.56 Å². The van der Waals surface area contributed by atoms with Gasteiger partial charge in [0.25, 0.3) is 0 Å². The van der Waals surface area contributed by atoms with Gasteiger partial charge in [-0.1, -0.05) is 103 Å². The maximum Gasteiger partial charge on any atom is 0.246 e. The smallest absolute Gasteiger partial charge is 0.246 e. The number of carbonyl (C=O) groups is 1. The molecule has 0 saturated heterocycles. The molecule has 0 aromatic heterocycles. The van der Waals surface area contributed by atoms with Crippen LogP contribution in [0.4, 0.5) is 5.69 Å². The Morgan fingerprint density at radius 3 is 2.03 bits per heavy atom. The van der Waals surface area contributed by atoms with Gasteiger partial charge in [-0.15, -0.1) is 0 Å². The molecule has 0 atom stereocenters. The summed E-state index contributed by atoms with van der Waals surface area (Å²) in [6.45, 7) is -0.127. The number of rotatable bonds is 8. The van der Waals surface area contributed by atoms with Crippen molar-refractivity contribution in [1.29, 1.82) is 0 Å². The van der Waals surface area contributed by atoms with E-state index in [2.05, 4.69) is 64.9 Å². The normalized spacial score (nSPS) is 11.1. The van der Waals surface area contributed by atoms with Gasteiger partial charge < -0.3 is 10.4 Å². The lowest BCUT2D eigenvalue weighted by Gasteiger charge is -2.21. The Bertz CT molecular complexity index is 1190. The zero-order chi connectivity index (χ0) is 22.9. The van der Waals surface area contributed by atoms with Crippen molar-refractivity contribution in [2.24, 2.45) is 4.99 Å². The van der Waals surface area contributed by atoms with Crippen molar-refractivity contribution in [3.8, 4) is 0 Å². The maximum atomic E-state index is 12.4. The summed E-state index contributed by atoms with van der Waals surface area (Å²) < 4.78 is 0. The standard InChI is InChI=1S/C28H25N2O2P/c31-21-23-12-7-9-17-26(23)30-28(32)20-29-19-22-11-8-10-18-27(22)33(24-13-3-1-4-14-24)25-15-5-2-6-16-25/h1-19,31H,20-21H2,(H,30,32). The Morgan fingerprint density at radius 2 is 1.36 bits per heavy atom. The van der Waals surface area contributed by atoms with E-state index in [0.29, 0.717) is 11.3 Å². The van der Waals surface area contributed by atoms with Crippen LogP contribution in [0.25, 0.3) is 0 Å². The zero-order valence-corrected chi connectivity index (χ0v) is 19.0. The SMILES string of the molecule is O=C(CN=Cc1ccccc1P(c1ccccc1)c1ccccc1)Nc1ccccc1CO. The molecule has 0 spiro atoms. The molecule has 4 nitrogen and oxygen atoms in total. The molecule has 4 rings (SSSR count). The summed E-state index contributed by atoms with van der Waals surface area (Å²) in [6, 6.07) is 36.4. The van der Waals surface area contributed by atoms with E-state index in [4.69, 9.17) is 0 Å². The number of aliphatic hydroxyl groups is 1. The number of para-hydroxylation sites is 1. The van der Waals surface area contributed by atoms with E-state index in [-0.39, 0.29) is 19.1 Å². The van der Waals surface area contributed by atoms with Gasteiger partial charge in [0.05, 0.1) is 6.61 Å². The molecule has 0 radical (unpaired) electrons. The molecule has 0 saturated carbocycles. The molecular formula is C28H25N2O2P. The van der Waals surface area contributed by atoms with E-state index in [1.165, 1.54) is 15.9 Å². The van der Waals surface area contributed by atoms with Crippen LogP contribution in [0.15, 0.2) is 114 Å². The van der Waals surface area contributed by atoms with Crippen LogP contribution in [0.2, 0.25) is 0 Å². The highest BCUT2D eigenvalue weighted by molar-refractivity contribution is 7.80. The maximum absolute atomic E-state index is 12.4. The summed E-state index contributed by atoms with van der Waals surface area (Å²) in [7, 11) is -0.765. The van der Waals surface area contributed by atoms with E-state index < -0.39 is 7.92 Å². The molecule has 4 aromatic carbocycles. The lowest BCUT2D eigenvalue weighted by molar-refractivity contribution is -0.114. The van der Waals surface area contributed by atoms with Gasteiger partial charge in [0.1, 0.15) is 6.54 Å². The average Bonchev–Trinajstić information content (AvgIpc) is 2.87. The Kier molecular flexibility index (Phi) is 7.76. The Morgan fingerprint density at radius 1 is 0.788 bits per heavy atom. The van der Waals surface area contributed by atoms with Crippen LogP contribution in [0.3, 0.4) is 0 Å². The number of amides is 1. The van der Waals surface area contributed by atoms with Crippen LogP contribution in [0, 0.1) is 0 Å². The largest absolute Gasteiger partial charge is 0.392 e. The molecule has 0 aliphatic rings. The molecule has 164 valence electrons. The minimum atomic E-state index is -0.765. The van der Waals surface area contributed by atoms with Gasteiger partial charge >= 0.3 is 0 Å². The summed E-state index contributed by atoms with van der Waals surface area (Å²) in [5.41, 5.74) is 2.29. The topological polar surface area (TPSA) is 61.7 Å². The van der Waals surface area contributed by atoms with Crippen LogP contribution in [0.5, 0.6) is 0 Å². The molecule has 0 fully saturated rings. The summed E-state index contributed by atoms with van der Waals surface area (Å²) in [5.74, 6) is -0.224. The van der Waals surface area contributed by atoms with Gasteiger partial charge in [-0.3, -0.25) is 9.79 Å². The number of benzene rings is 4. The predicted octanol–water partition coefficient (Wildman–Crippen LogP) is 3.99. The Hall–Kier alpha value is -3.59. The monoisotopic (exact) mass is 452 g/mol. The van der Waals surface area contributed by atoms with Gasteiger partial charge in [-0.2, -0.15) is 0 Å². The lowest BCUT2D eigenvalue weighted by atomic mass is 10.2. The van der Waals surface area contributed by atoms with Crippen LogP contribution < -0.4 is 21.2 Å². The van der Waals surface area contributed by atoms with Crippen LogP contribution in [0.1, 0.15) is 11.1 Å². The lowest BCUT2D eigenvalue weighted by Crippen LogP contribution is -2.23. The molecule has 5 heteroatoms. The highest BCUT2D eigenvalue weighted by Gasteiger charge is 2.18. The van der Waals surface area contributed by atoms with Gasteiger partial charge in [-0.25, -0.2) is 0 Å². The van der Waals surface area contributed by atoms with E-state index >= 15 is 0 Å². The molecule has 2 N–H and O–H groups in total. The molecular weight excluding hydrogens is 427 g/mol. The van der Waals surface area contributed by atoms with Crippen molar-refractivity contribution in [1.82, 2.24) is 0 Å². The zero-order valence-electron chi connectivity index (χ0n) is 18.1. The van der Waals surface area contributed by atoms with Crippen LogP contribution in [-0.4, -0.2) is 23.8 Å². The number of hydrogen-bond acceptors (Lipinski definition) is 3. The van der Waals surface area contributed by atoms with Crippen molar-refractivity contribution in [3.63, 3.8) is 0 Å². The number of hydrogen-bond donors (Lipinski definition) is 2. The number of nitrogens with zero attached hydrogens (tertiary/aromatic N) is 1. The first-order valence-corrected chi connectivity index (χ1v) is 12.1. The molecule has 0 heterocycles. The van der Waals surface area contributed by atoms with Crippen LogP contribution >= 0.6 is 7.92 Å². The fourth-order valence-electron chi connectivity index (χ4n) is 3.58. The predicted molar refractivity (Wildman–Crippen MR) is 139 cm³/mol. The van der Waals surface area contributed by atoms with Crippen LogP contribution in [-0.2, 0) is 11.4 Å². The highest BCUT2D eigenvalue weighted by Crippen LogP contribution is 2.33. The van der Waals surface area contributed by atoms with Crippen molar-refractivity contribution >= 4 is 41.6 Å². The second-order valence-corrected chi connectivity index (χ2v) is 9.58. The first kappa shape index (κ1) is 22.6. The molecule has 0 aliphatic heterocycles. The summed E-state index contributed by atoms with van der Waals surface area (Å²) in [6.07, 6.45) is 1.79. The van der Waals surface area contributed by atoms with E-state index in [1.54, 1.807) is 18.3 Å². The molecule has 4 aromatic rings. The van der Waals surface area contributed by atoms with Crippen molar-refractivity contribution in [3.05, 3.63) is 120 Å². The first-order valence-electron chi connectivity index (χ1n) is 10.7. The van der Waals surface area contributed by atoms with Gasteiger partial charge in [0.15, 0.2) is 0 Å². The first-order chi connectivity index (χ1) is 16.3. The Labute approximate surface area is 195 Å². The summed E-state index contributed by atoms with van der Waals surface area (Å²) in [4.78, 5) is 16.9. The second-order valence-electron chi connectivity index (χ2n) is 7.40. The molecule has 1 amide bonds. The van der Waals surface area contributed by atoms with Crippen molar-refractivity contribution in [2.45, 2.75) is 6.61 Å². The van der Waals surface area contributed by atoms with Gasteiger partial charge in [0.2, 0.25) is 5.91 Å². The van der Waals surface area contributed by atoms with E-state index in [1.807, 2.05) is 42.5 Å². The summed E-state index contributed by atoms with van der Waals surface area (Å²) >= 11 is 0. The fraction of sp³-hybridized carbons (Fsp3) is 0.0714. The van der Waals surface area contributed by atoms with Crippen molar-refractivity contribution < 1.29 is 9.90 Å². The molecule has 0 aliphatic carbocycles. The number of aliphatic imine (C=N–C) groups is 1. The van der Waals surface area contributed by atoms with Crippen molar-refractivity contribution in [2.75, 3.05) is 11.9 Å². The minimum absolute atomic E-state index is 0.00268. The average molecular weight is 452 g/mol. The second kappa shape index (κ2) is 11.3. The highest BCUT2D eigenvalue weighted by atomic mass is 31.1. The summed E-state index contributed by atoms with van der Waals surface area (Å²) in [5, 5.41) is 16.0. The molecule has 0 unspecified atom stereocenters. The fourth-order valence-corrected chi connectivity index (χ4v) is 6.00. The number of aliphatic hydroxyl groups excluding tert-OH is 1. The number of anilines is 1. The third-order valence-corrected chi connectivity index (χ3v) is 7.65. The number of carbonyl (C=O) groups excluding carboxylic acids is 1. The third kappa shape index (κ3) is 5.81. The van der Waals surface area contributed by atoms with Gasteiger partial charge in [0, 0.05) is 23.0 Å². The third-order valence-electron chi connectivity index (χ3n) is 5.13. The van der Waals surface area contributed by atoms with E-state index in [9.17, 15) is 9.90 Å². The van der Waals surface area contributed by atoms with Gasteiger partial charge in [-0.05, 0) is 29.9 Å². The molecule has 33 heavy (non-hydrogen) atoms. The minimum Gasteiger partial charge on any atom is -0.392 e. The quantitative estimate of drug-likeness (QED) is 0.314.